The fourth-order valence-electron chi connectivity index (χ4n) is 3.11. The molecule has 3 fully saturated rings. The Kier molecular flexibility index (Phi) is 4.17. The van der Waals surface area contributed by atoms with E-state index in [2.05, 4.69) is 15.5 Å². The molecule has 0 saturated carbocycles. The summed E-state index contributed by atoms with van der Waals surface area (Å²) >= 11 is 5.22. The molecule has 3 heterocycles. The summed E-state index contributed by atoms with van der Waals surface area (Å²) in [4.78, 5) is 14.4. The smallest absolute Gasteiger partial charge is 0.257 e. The van der Waals surface area contributed by atoms with Crippen LogP contribution in [0, 0.1) is 11.7 Å². The molecule has 2 N–H and O–H groups in total. The minimum atomic E-state index is -0.362. The number of hydrogen-bond acceptors (Lipinski definition) is 3. The number of rotatable bonds is 2. The lowest BCUT2D eigenvalue weighted by Crippen LogP contribution is -2.59. The van der Waals surface area contributed by atoms with Gasteiger partial charge in [-0.1, -0.05) is 0 Å². The van der Waals surface area contributed by atoms with Gasteiger partial charge in [-0.2, -0.15) is 0 Å². The Hall–Kier alpha value is -1.53. The van der Waals surface area contributed by atoms with Crippen molar-refractivity contribution in [3.8, 4) is 0 Å². The molecule has 4 nitrogen and oxygen atoms in total. The van der Waals surface area contributed by atoms with Gasteiger partial charge in [0.25, 0.3) is 5.91 Å². The molecule has 112 valence electrons. The van der Waals surface area contributed by atoms with Crippen molar-refractivity contribution in [1.82, 2.24) is 15.5 Å². The van der Waals surface area contributed by atoms with Crippen molar-refractivity contribution in [2.75, 3.05) is 19.6 Å². The van der Waals surface area contributed by atoms with Crippen molar-refractivity contribution in [2.24, 2.45) is 5.92 Å². The van der Waals surface area contributed by atoms with Gasteiger partial charge in [-0.05, 0) is 68.3 Å². The highest BCUT2D eigenvalue weighted by Crippen LogP contribution is 2.27. The molecule has 1 aromatic carbocycles. The van der Waals surface area contributed by atoms with Gasteiger partial charge >= 0.3 is 0 Å². The molecule has 1 amide bonds. The number of nitrogens with one attached hydrogen (secondary N) is 2. The summed E-state index contributed by atoms with van der Waals surface area (Å²) in [6.07, 6.45) is 2.37. The van der Waals surface area contributed by atoms with Crippen LogP contribution in [0.25, 0.3) is 0 Å². The van der Waals surface area contributed by atoms with Crippen LogP contribution >= 0.6 is 12.2 Å². The van der Waals surface area contributed by atoms with Gasteiger partial charge in [0, 0.05) is 18.2 Å². The Labute approximate surface area is 128 Å². The van der Waals surface area contributed by atoms with Crippen LogP contribution in [0.15, 0.2) is 24.3 Å². The van der Waals surface area contributed by atoms with E-state index in [0.29, 0.717) is 22.6 Å². The lowest BCUT2D eigenvalue weighted by Gasteiger charge is -2.45. The number of hydrogen-bond donors (Lipinski definition) is 2. The second kappa shape index (κ2) is 6.07. The molecule has 21 heavy (non-hydrogen) atoms. The number of amides is 1. The highest BCUT2D eigenvalue weighted by atomic mass is 32.1. The van der Waals surface area contributed by atoms with E-state index in [-0.39, 0.29) is 11.7 Å². The van der Waals surface area contributed by atoms with Crippen molar-refractivity contribution in [3.05, 3.63) is 35.6 Å². The number of carbonyl (C=O) groups is 1. The number of thiocarbonyl (C=S) groups is 1. The number of piperidine rings is 3. The molecule has 1 atom stereocenters. The van der Waals surface area contributed by atoms with Gasteiger partial charge < -0.3 is 10.2 Å². The SMILES string of the molecule is O=C(NC(=S)NC1CN2CCC1CC2)c1ccc(F)cc1. The third-order valence-electron chi connectivity index (χ3n) is 4.31. The Bertz CT molecular complexity index is 540. The second-order valence-corrected chi connectivity index (χ2v) is 6.09. The van der Waals surface area contributed by atoms with Crippen LogP contribution in [0.3, 0.4) is 0 Å². The summed E-state index contributed by atoms with van der Waals surface area (Å²) in [5.74, 6) is -0.0380. The zero-order valence-corrected chi connectivity index (χ0v) is 12.5. The predicted molar refractivity (Wildman–Crippen MR) is 82.6 cm³/mol. The molecule has 4 rings (SSSR count). The first-order chi connectivity index (χ1) is 10.1. The molecular weight excluding hydrogens is 289 g/mol. The minimum absolute atomic E-state index is 0.311. The van der Waals surface area contributed by atoms with E-state index in [1.165, 1.54) is 37.1 Å². The monoisotopic (exact) mass is 307 g/mol. The molecule has 3 saturated heterocycles. The van der Waals surface area contributed by atoms with Crippen LogP contribution < -0.4 is 10.6 Å². The normalized spacial score (nSPS) is 27.2. The summed E-state index contributed by atoms with van der Waals surface area (Å²) in [5.41, 5.74) is 0.398. The third-order valence-corrected chi connectivity index (χ3v) is 4.53. The first-order valence-corrected chi connectivity index (χ1v) is 7.62. The largest absolute Gasteiger partial charge is 0.358 e. The zero-order chi connectivity index (χ0) is 14.8. The predicted octanol–water partition coefficient (Wildman–Crippen LogP) is 1.52. The van der Waals surface area contributed by atoms with Crippen LogP contribution in [-0.4, -0.2) is 41.6 Å². The van der Waals surface area contributed by atoms with E-state index in [4.69, 9.17) is 12.2 Å². The zero-order valence-electron chi connectivity index (χ0n) is 11.6. The van der Waals surface area contributed by atoms with Crippen molar-refractivity contribution < 1.29 is 9.18 Å². The van der Waals surface area contributed by atoms with E-state index in [1.807, 2.05) is 0 Å². The highest BCUT2D eigenvalue weighted by molar-refractivity contribution is 7.80. The number of fused-ring (bicyclic) bond motifs is 3. The molecule has 6 heteroatoms. The van der Waals surface area contributed by atoms with Gasteiger partial charge in [0.2, 0.25) is 0 Å². The Morgan fingerprint density at radius 3 is 2.48 bits per heavy atom. The third kappa shape index (κ3) is 3.39. The van der Waals surface area contributed by atoms with Crippen molar-refractivity contribution in [2.45, 2.75) is 18.9 Å². The molecule has 0 spiro atoms. The van der Waals surface area contributed by atoms with Gasteiger partial charge in [-0.3, -0.25) is 10.1 Å². The lowest BCUT2D eigenvalue weighted by molar-refractivity contribution is 0.0807. The Morgan fingerprint density at radius 2 is 1.90 bits per heavy atom. The topological polar surface area (TPSA) is 44.4 Å². The Balaban J connectivity index is 1.54. The number of halogens is 1. The molecule has 0 radical (unpaired) electrons. The van der Waals surface area contributed by atoms with Crippen LogP contribution in [0.1, 0.15) is 23.2 Å². The molecule has 1 unspecified atom stereocenters. The van der Waals surface area contributed by atoms with Crippen LogP contribution in [0.2, 0.25) is 0 Å². The summed E-state index contributed by atoms with van der Waals surface area (Å²) in [5, 5.41) is 6.26. The van der Waals surface area contributed by atoms with Crippen molar-refractivity contribution >= 4 is 23.2 Å². The van der Waals surface area contributed by atoms with Gasteiger partial charge in [0.1, 0.15) is 5.82 Å². The second-order valence-electron chi connectivity index (χ2n) is 5.68. The maximum absolute atomic E-state index is 12.8. The van der Waals surface area contributed by atoms with E-state index in [1.54, 1.807) is 0 Å². The fourth-order valence-corrected chi connectivity index (χ4v) is 3.35. The van der Waals surface area contributed by atoms with Gasteiger partial charge in [0.05, 0.1) is 0 Å². The average Bonchev–Trinajstić information content (AvgIpc) is 2.49. The maximum Gasteiger partial charge on any atom is 0.257 e. The van der Waals surface area contributed by atoms with Gasteiger partial charge in [-0.25, -0.2) is 4.39 Å². The molecule has 2 bridgehead atoms. The van der Waals surface area contributed by atoms with Gasteiger partial charge in [-0.15, -0.1) is 0 Å². The quantitative estimate of drug-likeness (QED) is 0.813. The van der Waals surface area contributed by atoms with E-state index in [0.717, 1.165) is 19.6 Å². The summed E-state index contributed by atoms with van der Waals surface area (Å²) < 4.78 is 12.8. The highest BCUT2D eigenvalue weighted by Gasteiger charge is 2.34. The number of benzene rings is 1. The molecule has 0 aromatic heterocycles. The lowest BCUT2D eigenvalue weighted by atomic mass is 9.84. The van der Waals surface area contributed by atoms with E-state index in [9.17, 15) is 9.18 Å². The van der Waals surface area contributed by atoms with Crippen molar-refractivity contribution in [3.63, 3.8) is 0 Å². The van der Waals surface area contributed by atoms with Crippen LogP contribution in [0.4, 0.5) is 4.39 Å². The summed E-state index contributed by atoms with van der Waals surface area (Å²) in [6, 6.07) is 5.73. The number of carbonyl (C=O) groups excluding carboxylic acids is 1. The summed E-state index contributed by atoms with van der Waals surface area (Å²) in [7, 11) is 0. The maximum atomic E-state index is 12.8. The standard InChI is InChI=1S/C15H18FN3OS/c16-12-3-1-11(2-4-12)14(20)18-15(21)17-13-9-19-7-5-10(13)6-8-19/h1-4,10,13H,5-9H2,(H2,17,18,20,21). The fraction of sp³-hybridized carbons (Fsp3) is 0.467. The van der Waals surface area contributed by atoms with Crippen LogP contribution in [0.5, 0.6) is 0 Å². The van der Waals surface area contributed by atoms with E-state index >= 15 is 0 Å². The van der Waals surface area contributed by atoms with Gasteiger partial charge in [0.15, 0.2) is 5.11 Å². The minimum Gasteiger partial charge on any atom is -0.358 e. The summed E-state index contributed by atoms with van der Waals surface area (Å²) in [6.45, 7) is 3.31. The molecule has 1 aromatic rings. The molecule has 3 aliphatic rings. The first kappa shape index (κ1) is 14.4. The average molecular weight is 307 g/mol. The molecule has 3 aliphatic heterocycles. The van der Waals surface area contributed by atoms with Crippen molar-refractivity contribution in [1.29, 1.82) is 0 Å². The van der Waals surface area contributed by atoms with E-state index < -0.39 is 0 Å². The van der Waals surface area contributed by atoms with Crippen LogP contribution in [-0.2, 0) is 0 Å². The molecular formula is C15H18FN3OS. The molecule has 0 aliphatic carbocycles. The number of nitrogens with zero attached hydrogens (tertiary/aromatic N) is 1. The Morgan fingerprint density at radius 1 is 1.24 bits per heavy atom. The first-order valence-electron chi connectivity index (χ1n) is 7.21.